The van der Waals surface area contributed by atoms with E-state index < -0.39 is 18.0 Å². The molecule has 1 aliphatic heterocycles. The van der Waals surface area contributed by atoms with Crippen LogP contribution < -0.4 is 9.64 Å². The number of hydrogen-bond donors (Lipinski definition) is 1. The Morgan fingerprint density at radius 2 is 1.85 bits per heavy atom. The highest BCUT2D eigenvalue weighted by atomic mass is 16.6. The maximum absolute atomic E-state index is 12.4. The van der Waals surface area contributed by atoms with Crippen molar-refractivity contribution in [1.29, 1.82) is 0 Å². The van der Waals surface area contributed by atoms with Crippen molar-refractivity contribution < 1.29 is 28.6 Å². The van der Waals surface area contributed by atoms with E-state index in [-0.39, 0.29) is 5.69 Å². The van der Waals surface area contributed by atoms with Crippen molar-refractivity contribution >= 4 is 23.7 Å². The number of esters is 2. The molecule has 3 rings (SSSR count). The molecule has 1 aromatic heterocycles. The van der Waals surface area contributed by atoms with Crippen molar-refractivity contribution in [2.24, 2.45) is 0 Å². The van der Waals surface area contributed by atoms with Crippen molar-refractivity contribution in [2.75, 3.05) is 25.2 Å². The quantitative estimate of drug-likeness (QED) is 0.666. The zero-order valence-electron chi connectivity index (χ0n) is 14.6. The molecule has 136 valence electrons. The first-order chi connectivity index (χ1) is 12.4. The van der Waals surface area contributed by atoms with Crippen LogP contribution in [0.5, 0.6) is 5.75 Å². The molecule has 1 amide bonds. The second-order valence-electron chi connectivity index (χ2n) is 5.77. The summed E-state index contributed by atoms with van der Waals surface area (Å²) < 4.78 is 15.0. The zero-order chi connectivity index (χ0) is 18.8. The number of H-pyrrole nitrogens is 1. The van der Waals surface area contributed by atoms with Gasteiger partial charge in [0.15, 0.2) is 0 Å². The first-order valence-electron chi connectivity index (χ1n) is 7.96. The summed E-state index contributed by atoms with van der Waals surface area (Å²) in [7, 11) is 1.28. The lowest BCUT2D eigenvalue weighted by molar-refractivity contribution is 0.0599. The van der Waals surface area contributed by atoms with E-state index in [2.05, 4.69) is 4.98 Å². The number of ether oxygens (including phenoxy) is 3. The van der Waals surface area contributed by atoms with Gasteiger partial charge in [-0.05, 0) is 43.7 Å². The Kier molecular flexibility index (Phi) is 4.66. The van der Waals surface area contributed by atoms with Crippen molar-refractivity contribution in [2.45, 2.75) is 13.8 Å². The number of anilines is 1. The van der Waals surface area contributed by atoms with Gasteiger partial charge in [-0.15, -0.1) is 0 Å². The number of aromatic amines is 1. The molecule has 0 radical (unpaired) electrons. The maximum atomic E-state index is 12.4. The Morgan fingerprint density at radius 1 is 1.15 bits per heavy atom. The third kappa shape index (κ3) is 3.13. The van der Waals surface area contributed by atoms with E-state index in [4.69, 9.17) is 14.2 Å². The fourth-order valence-corrected chi connectivity index (χ4v) is 2.84. The minimum atomic E-state index is -0.617. The highest BCUT2D eigenvalue weighted by Gasteiger charge is 2.25. The fraction of sp³-hybridized carbons (Fsp3) is 0.278. The minimum Gasteiger partial charge on any atom is -0.465 e. The van der Waals surface area contributed by atoms with E-state index in [1.165, 1.54) is 12.0 Å². The lowest BCUT2D eigenvalue weighted by atomic mass is 10.1. The number of rotatable bonds is 4. The van der Waals surface area contributed by atoms with Crippen LogP contribution in [-0.2, 0) is 9.47 Å². The van der Waals surface area contributed by atoms with Gasteiger partial charge in [-0.1, -0.05) is 0 Å². The van der Waals surface area contributed by atoms with Gasteiger partial charge in [-0.2, -0.15) is 0 Å². The van der Waals surface area contributed by atoms with E-state index in [0.717, 1.165) is 0 Å². The number of cyclic esters (lactones) is 1. The predicted octanol–water partition coefficient (Wildman–Crippen LogP) is 2.59. The molecule has 0 bridgehead atoms. The lowest BCUT2D eigenvalue weighted by Gasteiger charge is -2.13. The number of aromatic nitrogens is 1. The molecule has 0 saturated carbocycles. The molecule has 2 heterocycles. The molecule has 8 nitrogen and oxygen atoms in total. The van der Waals surface area contributed by atoms with Gasteiger partial charge in [0.2, 0.25) is 0 Å². The first-order valence-corrected chi connectivity index (χ1v) is 7.96. The van der Waals surface area contributed by atoms with Gasteiger partial charge in [-0.3, -0.25) is 4.90 Å². The van der Waals surface area contributed by atoms with E-state index in [1.807, 2.05) is 0 Å². The van der Waals surface area contributed by atoms with E-state index in [0.29, 0.717) is 41.4 Å². The topological polar surface area (TPSA) is 97.9 Å². The number of methoxy groups -OCH3 is 1. The number of hydrogen-bond acceptors (Lipinski definition) is 6. The Balaban J connectivity index is 1.76. The lowest BCUT2D eigenvalue weighted by Crippen LogP contribution is -2.23. The molecule has 2 aromatic rings. The summed E-state index contributed by atoms with van der Waals surface area (Å²) in [5.74, 6) is -0.816. The number of carbonyl (C=O) groups is 3. The monoisotopic (exact) mass is 358 g/mol. The smallest absolute Gasteiger partial charge is 0.414 e. The van der Waals surface area contributed by atoms with E-state index in [1.54, 1.807) is 38.1 Å². The number of carbonyl (C=O) groups excluding carboxylic acids is 3. The molecule has 1 N–H and O–H groups in total. The summed E-state index contributed by atoms with van der Waals surface area (Å²) in [4.78, 5) is 40.1. The third-order valence-electron chi connectivity index (χ3n) is 4.15. The molecule has 0 atom stereocenters. The minimum absolute atomic E-state index is 0.190. The molecular weight excluding hydrogens is 340 g/mol. The van der Waals surface area contributed by atoms with Gasteiger partial charge in [0, 0.05) is 11.4 Å². The summed E-state index contributed by atoms with van der Waals surface area (Å²) in [5, 5.41) is 0. The van der Waals surface area contributed by atoms with Gasteiger partial charge in [0.05, 0.1) is 19.2 Å². The fourth-order valence-electron chi connectivity index (χ4n) is 2.84. The number of nitrogens with one attached hydrogen (secondary N) is 1. The average Bonchev–Trinajstić information content (AvgIpc) is 3.18. The number of benzene rings is 1. The van der Waals surface area contributed by atoms with Gasteiger partial charge in [0.25, 0.3) is 0 Å². The Labute approximate surface area is 149 Å². The van der Waals surface area contributed by atoms with Crippen LogP contribution in [0, 0.1) is 13.8 Å². The summed E-state index contributed by atoms with van der Waals surface area (Å²) >= 11 is 0. The SMILES string of the molecule is COC(=O)c1c(C)[nH]c(C(=O)Oc2ccc(N3CCOC3=O)cc2)c1C. The molecule has 1 fully saturated rings. The molecule has 0 unspecified atom stereocenters. The Hall–Kier alpha value is -3.29. The highest BCUT2D eigenvalue weighted by Crippen LogP contribution is 2.24. The standard InChI is InChI=1S/C18H18N2O6/c1-10-14(16(21)24-3)11(2)19-15(10)17(22)26-13-6-4-12(5-7-13)20-8-9-25-18(20)23/h4-7,19H,8-9H2,1-3H3. The van der Waals surface area contributed by atoms with Crippen LogP contribution in [-0.4, -0.2) is 43.3 Å². The Morgan fingerprint density at radius 3 is 2.42 bits per heavy atom. The van der Waals surface area contributed by atoms with Crippen molar-refractivity contribution in [1.82, 2.24) is 4.98 Å². The second kappa shape index (κ2) is 6.91. The number of nitrogens with zero attached hydrogens (tertiary/aromatic N) is 1. The summed E-state index contributed by atoms with van der Waals surface area (Å²) in [6.45, 7) is 4.16. The van der Waals surface area contributed by atoms with Gasteiger partial charge in [-0.25, -0.2) is 14.4 Å². The molecule has 1 saturated heterocycles. The van der Waals surface area contributed by atoms with Crippen LogP contribution in [0.2, 0.25) is 0 Å². The molecule has 0 aliphatic carbocycles. The molecular formula is C18H18N2O6. The first kappa shape index (κ1) is 17.5. The van der Waals surface area contributed by atoms with Crippen LogP contribution >= 0.6 is 0 Å². The van der Waals surface area contributed by atoms with Gasteiger partial charge >= 0.3 is 18.0 Å². The van der Waals surface area contributed by atoms with Gasteiger partial charge in [0.1, 0.15) is 18.1 Å². The molecule has 0 spiro atoms. The number of amides is 1. The average molecular weight is 358 g/mol. The predicted molar refractivity (Wildman–Crippen MR) is 91.7 cm³/mol. The van der Waals surface area contributed by atoms with Crippen LogP contribution in [0.4, 0.5) is 10.5 Å². The van der Waals surface area contributed by atoms with E-state index >= 15 is 0 Å². The third-order valence-corrected chi connectivity index (χ3v) is 4.15. The summed E-state index contributed by atoms with van der Waals surface area (Å²) in [6, 6.07) is 6.51. The highest BCUT2D eigenvalue weighted by molar-refractivity contribution is 5.99. The summed E-state index contributed by atoms with van der Waals surface area (Å²) in [6.07, 6.45) is -0.400. The normalized spacial score (nSPS) is 13.5. The van der Waals surface area contributed by atoms with Crippen LogP contribution in [0.15, 0.2) is 24.3 Å². The summed E-state index contributed by atoms with van der Waals surface area (Å²) in [5.41, 5.74) is 2.17. The Bertz CT molecular complexity index is 869. The van der Waals surface area contributed by atoms with Crippen molar-refractivity contribution in [3.8, 4) is 5.75 Å². The largest absolute Gasteiger partial charge is 0.465 e. The molecule has 1 aromatic carbocycles. The molecule has 8 heteroatoms. The number of aryl methyl sites for hydroxylation is 1. The van der Waals surface area contributed by atoms with Crippen molar-refractivity contribution in [3.05, 3.63) is 46.8 Å². The second-order valence-corrected chi connectivity index (χ2v) is 5.77. The van der Waals surface area contributed by atoms with E-state index in [9.17, 15) is 14.4 Å². The maximum Gasteiger partial charge on any atom is 0.414 e. The molecule has 26 heavy (non-hydrogen) atoms. The van der Waals surface area contributed by atoms with Crippen molar-refractivity contribution in [3.63, 3.8) is 0 Å². The van der Waals surface area contributed by atoms with Gasteiger partial charge < -0.3 is 19.2 Å². The van der Waals surface area contributed by atoms with Crippen LogP contribution in [0.1, 0.15) is 32.1 Å². The zero-order valence-corrected chi connectivity index (χ0v) is 14.6. The van der Waals surface area contributed by atoms with Crippen LogP contribution in [0.3, 0.4) is 0 Å². The van der Waals surface area contributed by atoms with Crippen LogP contribution in [0.25, 0.3) is 0 Å². The molecule has 1 aliphatic rings.